The van der Waals surface area contributed by atoms with Crippen LogP contribution in [0.25, 0.3) is 0 Å². The molecule has 3 nitrogen and oxygen atoms in total. The fourth-order valence-electron chi connectivity index (χ4n) is 1.89. The van der Waals surface area contributed by atoms with Gasteiger partial charge in [-0.2, -0.15) is 0 Å². The average molecular weight is 236 g/mol. The molecule has 1 aromatic carbocycles. The standard InChI is InChI=1S/C14H24N2O/c1-14(2,9-10-15)16-11-8-12-6-4-5-7-13(12)17-3/h4-7,16H,8-11,15H2,1-3H3. The Bertz CT molecular complexity index is 337. The molecule has 3 heteroatoms. The third-order valence-corrected chi connectivity index (χ3v) is 2.96. The van der Waals surface area contributed by atoms with Crippen molar-refractivity contribution in [1.82, 2.24) is 5.32 Å². The van der Waals surface area contributed by atoms with E-state index in [4.69, 9.17) is 10.5 Å². The van der Waals surface area contributed by atoms with Crippen LogP contribution in [0, 0.1) is 0 Å². The van der Waals surface area contributed by atoms with Crippen LogP contribution in [0.1, 0.15) is 25.8 Å². The number of ether oxygens (including phenoxy) is 1. The first-order valence-corrected chi connectivity index (χ1v) is 6.16. The van der Waals surface area contributed by atoms with Crippen molar-refractivity contribution >= 4 is 0 Å². The lowest BCUT2D eigenvalue weighted by Gasteiger charge is -2.25. The van der Waals surface area contributed by atoms with E-state index < -0.39 is 0 Å². The number of nitrogens with two attached hydrogens (primary N) is 1. The van der Waals surface area contributed by atoms with E-state index in [2.05, 4.69) is 25.2 Å². The average Bonchev–Trinajstić information content (AvgIpc) is 2.29. The Hall–Kier alpha value is -1.06. The highest BCUT2D eigenvalue weighted by atomic mass is 16.5. The second-order valence-corrected chi connectivity index (χ2v) is 4.91. The lowest BCUT2D eigenvalue weighted by Crippen LogP contribution is -2.42. The van der Waals surface area contributed by atoms with Crippen molar-refractivity contribution in [3.8, 4) is 5.75 Å². The van der Waals surface area contributed by atoms with Gasteiger partial charge in [0.2, 0.25) is 0 Å². The van der Waals surface area contributed by atoms with Crippen LogP contribution in [0.4, 0.5) is 0 Å². The molecule has 0 saturated carbocycles. The minimum absolute atomic E-state index is 0.108. The van der Waals surface area contributed by atoms with E-state index >= 15 is 0 Å². The summed E-state index contributed by atoms with van der Waals surface area (Å²) in [6, 6.07) is 8.15. The molecule has 0 fully saturated rings. The van der Waals surface area contributed by atoms with Gasteiger partial charge in [-0.25, -0.2) is 0 Å². The van der Waals surface area contributed by atoms with Gasteiger partial charge in [0, 0.05) is 5.54 Å². The first-order chi connectivity index (χ1) is 8.09. The Morgan fingerprint density at radius 3 is 2.65 bits per heavy atom. The molecule has 96 valence electrons. The molecule has 0 saturated heterocycles. The Morgan fingerprint density at radius 2 is 2.00 bits per heavy atom. The fraction of sp³-hybridized carbons (Fsp3) is 0.571. The van der Waals surface area contributed by atoms with Crippen molar-refractivity contribution in [1.29, 1.82) is 0 Å². The molecule has 0 bridgehead atoms. The number of hydrogen-bond donors (Lipinski definition) is 2. The molecule has 0 atom stereocenters. The fourth-order valence-corrected chi connectivity index (χ4v) is 1.89. The summed E-state index contributed by atoms with van der Waals surface area (Å²) in [5, 5.41) is 3.52. The van der Waals surface area contributed by atoms with Crippen molar-refractivity contribution in [2.45, 2.75) is 32.2 Å². The van der Waals surface area contributed by atoms with Crippen molar-refractivity contribution in [3.63, 3.8) is 0 Å². The molecular formula is C14H24N2O. The van der Waals surface area contributed by atoms with Gasteiger partial charge in [0.25, 0.3) is 0 Å². The Labute approximate surface area is 104 Å². The molecule has 0 heterocycles. The monoisotopic (exact) mass is 236 g/mol. The zero-order valence-corrected chi connectivity index (χ0v) is 11.1. The van der Waals surface area contributed by atoms with Crippen molar-refractivity contribution < 1.29 is 4.74 Å². The molecule has 0 radical (unpaired) electrons. The summed E-state index contributed by atoms with van der Waals surface area (Å²) in [6.45, 7) is 6.02. The van der Waals surface area contributed by atoms with Gasteiger partial charge in [-0.05, 0) is 51.4 Å². The van der Waals surface area contributed by atoms with Crippen molar-refractivity contribution in [2.75, 3.05) is 20.2 Å². The highest BCUT2D eigenvalue weighted by Crippen LogP contribution is 2.17. The van der Waals surface area contributed by atoms with Gasteiger partial charge in [0.05, 0.1) is 7.11 Å². The first-order valence-electron chi connectivity index (χ1n) is 6.16. The van der Waals surface area contributed by atoms with E-state index in [9.17, 15) is 0 Å². The van der Waals surface area contributed by atoms with Crippen LogP contribution >= 0.6 is 0 Å². The Morgan fingerprint density at radius 1 is 1.29 bits per heavy atom. The molecule has 0 aromatic heterocycles. The molecule has 0 amide bonds. The molecule has 0 aliphatic carbocycles. The van der Waals surface area contributed by atoms with Gasteiger partial charge in [0.1, 0.15) is 5.75 Å². The summed E-state index contributed by atoms with van der Waals surface area (Å²) < 4.78 is 5.33. The number of methoxy groups -OCH3 is 1. The lowest BCUT2D eigenvalue weighted by atomic mass is 10.0. The molecule has 0 spiro atoms. The third-order valence-electron chi connectivity index (χ3n) is 2.96. The molecular weight excluding hydrogens is 212 g/mol. The zero-order chi connectivity index (χ0) is 12.7. The van der Waals surface area contributed by atoms with Crippen LogP contribution in [0.15, 0.2) is 24.3 Å². The van der Waals surface area contributed by atoms with Crippen LogP contribution in [0.2, 0.25) is 0 Å². The van der Waals surface area contributed by atoms with Crippen LogP contribution in [0.3, 0.4) is 0 Å². The van der Waals surface area contributed by atoms with E-state index in [0.717, 1.165) is 25.1 Å². The van der Waals surface area contributed by atoms with E-state index in [-0.39, 0.29) is 5.54 Å². The van der Waals surface area contributed by atoms with Gasteiger partial charge in [-0.15, -0.1) is 0 Å². The summed E-state index contributed by atoms with van der Waals surface area (Å²) in [4.78, 5) is 0. The topological polar surface area (TPSA) is 47.3 Å². The first kappa shape index (κ1) is 14.0. The molecule has 1 rings (SSSR count). The van der Waals surface area contributed by atoms with E-state index in [1.807, 2.05) is 18.2 Å². The maximum atomic E-state index is 5.58. The second kappa shape index (κ2) is 6.62. The van der Waals surface area contributed by atoms with Crippen LogP contribution in [-0.2, 0) is 6.42 Å². The minimum atomic E-state index is 0.108. The highest BCUT2D eigenvalue weighted by molar-refractivity contribution is 5.33. The highest BCUT2D eigenvalue weighted by Gasteiger charge is 2.15. The van der Waals surface area contributed by atoms with E-state index in [1.54, 1.807) is 7.11 Å². The SMILES string of the molecule is COc1ccccc1CCNC(C)(C)CCN. The summed E-state index contributed by atoms with van der Waals surface area (Å²) >= 11 is 0. The second-order valence-electron chi connectivity index (χ2n) is 4.91. The van der Waals surface area contributed by atoms with E-state index in [1.165, 1.54) is 5.56 Å². The van der Waals surface area contributed by atoms with Gasteiger partial charge >= 0.3 is 0 Å². The predicted octanol–water partition coefficient (Wildman–Crippen LogP) is 1.95. The van der Waals surface area contributed by atoms with Crippen LogP contribution in [-0.4, -0.2) is 25.7 Å². The van der Waals surface area contributed by atoms with Crippen LogP contribution < -0.4 is 15.8 Å². The van der Waals surface area contributed by atoms with Crippen molar-refractivity contribution in [3.05, 3.63) is 29.8 Å². The maximum absolute atomic E-state index is 5.58. The molecule has 17 heavy (non-hydrogen) atoms. The molecule has 0 unspecified atom stereocenters. The van der Waals surface area contributed by atoms with Gasteiger partial charge in [-0.3, -0.25) is 0 Å². The number of para-hydroxylation sites is 1. The largest absolute Gasteiger partial charge is 0.496 e. The summed E-state index contributed by atoms with van der Waals surface area (Å²) in [5.41, 5.74) is 6.93. The third kappa shape index (κ3) is 4.75. The lowest BCUT2D eigenvalue weighted by molar-refractivity contribution is 0.367. The minimum Gasteiger partial charge on any atom is -0.496 e. The predicted molar refractivity (Wildman–Crippen MR) is 72.5 cm³/mol. The van der Waals surface area contributed by atoms with Crippen molar-refractivity contribution in [2.24, 2.45) is 5.73 Å². The Kier molecular flexibility index (Phi) is 5.45. The maximum Gasteiger partial charge on any atom is 0.122 e. The van der Waals surface area contributed by atoms with Gasteiger partial charge < -0.3 is 15.8 Å². The summed E-state index contributed by atoms with van der Waals surface area (Å²) in [7, 11) is 1.71. The quantitative estimate of drug-likeness (QED) is 0.760. The van der Waals surface area contributed by atoms with E-state index in [0.29, 0.717) is 6.54 Å². The molecule has 0 aliphatic rings. The number of benzene rings is 1. The molecule has 3 N–H and O–H groups in total. The van der Waals surface area contributed by atoms with Crippen LogP contribution in [0.5, 0.6) is 5.75 Å². The molecule has 1 aromatic rings. The summed E-state index contributed by atoms with van der Waals surface area (Å²) in [5.74, 6) is 0.964. The zero-order valence-electron chi connectivity index (χ0n) is 11.1. The number of rotatable bonds is 7. The normalized spacial score (nSPS) is 11.5. The number of nitrogens with one attached hydrogen (secondary N) is 1. The summed E-state index contributed by atoms with van der Waals surface area (Å²) in [6.07, 6.45) is 1.96. The smallest absolute Gasteiger partial charge is 0.122 e. The molecule has 0 aliphatic heterocycles. The Balaban J connectivity index is 2.45. The van der Waals surface area contributed by atoms with Gasteiger partial charge in [-0.1, -0.05) is 18.2 Å². The number of hydrogen-bond acceptors (Lipinski definition) is 3. The van der Waals surface area contributed by atoms with Gasteiger partial charge in [0.15, 0.2) is 0 Å².